The summed E-state index contributed by atoms with van der Waals surface area (Å²) < 4.78 is 5.87. The van der Waals surface area contributed by atoms with Gasteiger partial charge >= 0.3 is 0 Å². The summed E-state index contributed by atoms with van der Waals surface area (Å²) in [7, 11) is 0. The molecule has 3 unspecified atom stereocenters. The molecule has 1 heterocycles. The molecule has 3 atom stereocenters. The van der Waals surface area contributed by atoms with Crippen molar-refractivity contribution in [2.24, 2.45) is 11.3 Å². The second-order valence-electron chi connectivity index (χ2n) is 5.60. The van der Waals surface area contributed by atoms with Gasteiger partial charge in [0.25, 0.3) is 0 Å². The van der Waals surface area contributed by atoms with E-state index in [0.717, 1.165) is 11.2 Å². The molecule has 0 aliphatic carbocycles. The number of alkyl halides is 1. The fourth-order valence-electron chi connectivity index (χ4n) is 2.02. The van der Waals surface area contributed by atoms with Gasteiger partial charge in [0, 0.05) is 5.33 Å². The van der Waals surface area contributed by atoms with Crippen LogP contribution in [-0.2, 0) is 4.74 Å². The minimum atomic E-state index is 0.388. The number of rotatable bonds is 3. The second-order valence-corrected chi connectivity index (χ2v) is 6.25. The van der Waals surface area contributed by atoms with Crippen LogP contribution < -0.4 is 0 Å². The summed E-state index contributed by atoms with van der Waals surface area (Å²) in [6, 6.07) is 0. The third kappa shape index (κ3) is 3.54. The molecule has 84 valence electrons. The summed E-state index contributed by atoms with van der Waals surface area (Å²) in [4.78, 5) is 0. The van der Waals surface area contributed by atoms with E-state index >= 15 is 0 Å². The van der Waals surface area contributed by atoms with Crippen LogP contribution in [0.15, 0.2) is 0 Å². The Bertz CT molecular complexity index is 174. The van der Waals surface area contributed by atoms with E-state index in [0.29, 0.717) is 17.6 Å². The maximum atomic E-state index is 5.87. The van der Waals surface area contributed by atoms with Gasteiger partial charge in [0.15, 0.2) is 0 Å². The topological polar surface area (TPSA) is 9.23 Å². The standard InChI is InChI=1S/C12H23BrO/c1-9-5-6-11(14-9)7-10(8-13)12(2,3)4/h9-11H,5-8H2,1-4H3. The lowest BCUT2D eigenvalue weighted by Crippen LogP contribution is -2.26. The van der Waals surface area contributed by atoms with E-state index in [2.05, 4.69) is 43.6 Å². The lowest BCUT2D eigenvalue weighted by molar-refractivity contribution is 0.0310. The molecule has 1 aliphatic heterocycles. The van der Waals surface area contributed by atoms with E-state index in [1.54, 1.807) is 0 Å². The number of halogens is 1. The van der Waals surface area contributed by atoms with Gasteiger partial charge in [-0.05, 0) is 37.5 Å². The second kappa shape index (κ2) is 4.98. The summed E-state index contributed by atoms with van der Waals surface area (Å²) in [5.74, 6) is 0.720. The van der Waals surface area contributed by atoms with E-state index < -0.39 is 0 Å². The summed E-state index contributed by atoms with van der Waals surface area (Å²) in [5, 5.41) is 1.09. The van der Waals surface area contributed by atoms with Crippen molar-refractivity contribution in [3.63, 3.8) is 0 Å². The Balaban J connectivity index is 2.41. The molecule has 1 aliphatic rings. The molecule has 0 saturated carbocycles. The molecule has 1 rings (SSSR count). The van der Waals surface area contributed by atoms with E-state index in [1.807, 2.05) is 0 Å². The number of hydrogen-bond donors (Lipinski definition) is 0. The fourth-order valence-corrected chi connectivity index (χ4v) is 3.26. The van der Waals surface area contributed by atoms with Gasteiger partial charge in [0.2, 0.25) is 0 Å². The highest BCUT2D eigenvalue weighted by molar-refractivity contribution is 9.09. The Morgan fingerprint density at radius 2 is 2.00 bits per heavy atom. The molecule has 0 radical (unpaired) electrons. The van der Waals surface area contributed by atoms with Crippen molar-refractivity contribution in [3.05, 3.63) is 0 Å². The van der Waals surface area contributed by atoms with Crippen LogP contribution in [-0.4, -0.2) is 17.5 Å². The summed E-state index contributed by atoms with van der Waals surface area (Å²) >= 11 is 3.62. The van der Waals surface area contributed by atoms with E-state index in [9.17, 15) is 0 Å². The van der Waals surface area contributed by atoms with Gasteiger partial charge in [0.1, 0.15) is 0 Å². The molecular formula is C12H23BrO. The van der Waals surface area contributed by atoms with Gasteiger partial charge in [-0.1, -0.05) is 36.7 Å². The maximum Gasteiger partial charge on any atom is 0.0582 e. The SMILES string of the molecule is CC1CCC(CC(CBr)C(C)(C)C)O1. The molecule has 2 heteroatoms. The molecule has 0 aromatic heterocycles. The molecule has 1 fully saturated rings. The zero-order valence-electron chi connectivity index (χ0n) is 9.85. The first-order chi connectivity index (χ1) is 6.43. The van der Waals surface area contributed by atoms with Crippen molar-refractivity contribution in [1.29, 1.82) is 0 Å². The smallest absolute Gasteiger partial charge is 0.0582 e. The largest absolute Gasteiger partial charge is 0.375 e. The highest BCUT2D eigenvalue weighted by Crippen LogP contribution is 2.34. The predicted molar refractivity (Wildman–Crippen MR) is 64.9 cm³/mol. The van der Waals surface area contributed by atoms with Crippen molar-refractivity contribution in [3.8, 4) is 0 Å². The Morgan fingerprint density at radius 3 is 2.36 bits per heavy atom. The first-order valence-electron chi connectivity index (χ1n) is 5.65. The third-order valence-corrected chi connectivity index (χ3v) is 4.06. The van der Waals surface area contributed by atoms with Crippen molar-refractivity contribution in [1.82, 2.24) is 0 Å². The van der Waals surface area contributed by atoms with Crippen molar-refractivity contribution < 1.29 is 4.74 Å². The molecule has 14 heavy (non-hydrogen) atoms. The van der Waals surface area contributed by atoms with Crippen LogP contribution in [0.5, 0.6) is 0 Å². The Hall–Kier alpha value is 0.440. The quantitative estimate of drug-likeness (QED) is 0.699. The van der Waals surface area contributed by atoms with Gasteiger partial charge in [0.05, 0.1) is 12.2 Å². The van der Waals surface area contributed by atoms with E-state index in [1.165, 1.54) is 19.3 Å². The van der Waals surface area contributed by atoms with Gasteiger partial charge in [-0.15, -0.1) is 0 Å². The Kier molecular flexibility index (Phi) is 4.45. The first kappa shape index (κ1) is 12.5. The van der Waals surface area contributed by atoms with Crippen LogP contribution in [0.25, 0.3) is 0 Å². The van der Waals surface area contributed by atoms with Gasteiger partial charge in [-0.2, -0.15) is 0 Å². The van der Waals surface area contributed by atoms with Crippen LogP contribution in [0.2, 0.25) is 0 Å². The highest BCUT2D eigenvalue weighted by Gasteiger charge is 2.30. The maximum absolute atomic E-state index is 5.87. The summed E-state index contributed by atoms with van der Waals surface area (Å²) in [6.07, 6.45) is 4.69. The van der Waals surface area contributed by atoms with Gasteiger partial charge in [-0.25, -0.2) is 0 Å². The number of hydrogen-bond acceptors (Lipinski definition) is 1. The van der Waals surface area contributed by atoms with Crippen molar-refractivity contribution in [2.75, 3.05) is 5.33 Å². The molecule has 0 N–H and O–H groups in total. The average Bonchev–Trinajstić information content (AvgIpc) is 2.45. The predicted octanol–water partition coefficient (Wildman–Crippen LogP) is 4.00. The van der Waals surface area contributed by atoms with Crippen LogP contribution in [0.3, 0.4) is 0 Å². The lowest BCUT2D eigenvalue weighted by atomic mass is 9.78. The number of ether oxygens (including phenoxy) is 1. The fraction of sp³-hybridized carbons (Fsp3) is 1.00. The highest BCUT2D eigenvalue weighted by atomic mass is 79.9. The molecule has 0 amide bonds. The summed E-state index contributed by atoms with van der Waals surface area (Å²) in [5.41, 5.74) is 0.388. The molecular weight excluding hydrogens is 240 g/mol. The zero-order chi connectivity index (χ0) is 10.8. The average molecular weight is 263 g/mol. The van der Waals surface area contributed by atoms with Gasteiger partial charge in [-0.3, -0.25) is 0 Å². The van der Waals surface area contributed by atoms with Crippen LogP contribution in [0.4, 0.5) is 0 Å². The van der Waals surface area contributed by atoms with Gasteiger partial charge < -0.3 is 4.74 Å². The van der Waals surface area contributed by atoms with Crippen molar-refractivity contribution >= 4 is 15.9 Å². The van der Waals surface area contributed by atoms with E-state index in [-0.39, 0.29) is 0 Å². The Morgan fingerprint density at radius 1 is 1.36 bits per heavy atom. The van der Waals surface area contributed by atoms with Crippen LogP contribution >= 0.6 is 15.9 Å². The molecule has 1 saturated heterocycles. The molecule has 1 nitrogen and oxygen atoms in total. The minimum absolute atomic E-state index is 0.388. The monoisotopic (exact) mass is 262 g/mol. The van der Waals surface area contributed by atoms with E-state index in [4.69, 9.17) is 4.74 Å². The Labute approximate surface area is 96.7 Å². The van der Waals surface area contributed by atoms with Crippen LogP contribution in [0.1, 0.15) is 47.0 Å². The molecule has 0 aromatic carbocycles. The molecule has 0 spiro atoms. The summed E-state index contributed by atoms with van der Waals surface area (Å²) in [6.45, 7) is 9.13. The molecule has 0 aromatic rings. The molecule has 0 bridgehead atoms. The zero-order valence-corrected chi connectivity index (χ0v) is 11.4. The minimum Gasteiger partial charge on any atom is -0.375 e. The lowest BCUT2D eigenvalue weighted by Gasteiger charge is -2.31. The normalized spacial score (nSPS) is 30.6. The first-order valence-corrected chi connectivity index (χ1v) is 6.77. The van der Waals surface area contributed by atoms with Crippen molar-refractivity contribution in [2.45, 2.75) is 59.2 Å². The van der Waals surface area contributed by atoms with Crippen LogP contribution in [0, 0.1) is 11.3 Å². The third-order valence-electron chi connectivity index (χ3n) is 3.28.